The summed E-state index contributed by atoms with van der Waals surface area (Å²) in [4.78, 5) is 135. The maximum atomic E-state index is 12.8. The Morgan fingerprint density at radius 1 is 0.510 bits per heavy atom. The number of nitrogens with one attached hydrogen (secondary N) is 13. The molecule has 556 valence electrons. The highest BCUT2D eigenvalue weighted by Crippen LogP contribution is 2.32. The first-order chi connectivity index (χ1) is 45.7. The van der Waals surface area contributed by atoms with Gasteiger partial charge < -0.3 is 81.6 Å². The van der Waals surface area contributed by atoms with Crippen LogP contribution in [0, 0.1) is 58.2 Å². The number of carbonyl (C=O) groups is 9. The average molecular weight is 1390 g/mol. The molecule has 1 aliphatic heterocycles. The van der Waals surface area contributed by atoms with Crippen molar-refractivity contribution in [3.63, 3.8) is 0 Å². The molecule has 0 saturated heterocycles. The molecule has 0 spiro atoms. The van der Waals surface area contributed by atoms with E-state index in [-0.39, 0.29) is 115 Å². The number of guanidine groups is 1. The molecule has 2 heterocycles. The Morgan fingerprint density at radius 2 is 0.867 bits per heavy atom. The van der Waals surface area contributed by atoms with E-state index in [0.717, 1.165) is 18.5 Å². The molecule has 7 unspecified atom stereocenters. The van der Waals surface area contributed by atoms with Gasteiger partial charge in [0.25, 0.3) is 5.56 Å². The summed E-state index contributed by atoms with van der Waals surface area (Å²) in [6, 6.07) is 0.457. The molecule has 11 amide bonds. The molecule has 7 atom stereocenters. The third-order valence-electron chi connectivity index (χ3n) is 15.8. The van der Waals surface area contributed by atoms with E-state index in [1.807, 2.05) is 62.3 Å². The van der Waals surface area contributed by atoms with Crippen LogP contribution in [0.25, 0.3) is 0 Å². The minimum Gasteiger partial charge on any atom is -0.449 e. The quantitative estimate of drug-likeness (QED) is 0.0273. The van der Waals surface area contributed by atoms with E-state index in [1.165, 1.54) is 13.1 Å². The van der Waals surface area contributed by atoms with Crippen molar-refractivity contribution in [3.8, 4) is 0 Å². The molecule has 0 aromatic carbocycles. The minimum absolute atomic E-state index is 0.0292. The number of urea groups is 2. The highest BCUT2D eigenvalue weighted by atomic mass is 16.6. The molecular formula is C67H117N15O16. The second-order valence-corrected chi connectivity index (χ2v) is 29.2. The Morgan fingerprint density at radius 3 is 1.22 bits per heavy atom. The van der Waals surface area contributed by atoms with Gasteiger partial charge in [-0.15, -0.1) is 0 Å². The van der Waals surface area contributed by atoms with Crippen LogP contribution in [0.2, 0.25) is 0 Å². The van der Waals surface area contributed by atoms with Crippen LogP contribution in [-0.4, -0.2) is 168 Å². The zero-order valence-corrected chi connectivity index (χ0v) is 61.2. The SMILES string of the molecule is C=C1C=C(C)N=C(NC(=O)NCC(C)CC(C)(C)CCNC(=O)OCC(C)OC(=O)NCC(C)CC(C)(C)CCNC(=O)OCC(COC(=O)NCCC(C)(C)CC(C)CNC(=O)OC(C)COC(=O)NCCC(C)(C)CC(C)CNC(=O)Nc2nc(C)cc(=O)[nH]2)CC(=O)NC)N1. The molecule has 0 bridgehead atoms. The number of H-pyrrole nitrogens is 1. The summed E-state index contributed by atoms with van der Waals surface area (Å²) in [7, 11) is 1.48. The van der Waals surface area contributed by atoms with Gasteiger partial charge in [0.2, 0.25) is 17.8 Å². The number of carbonyl (C=O) groups excluding carboxylic acids is 9. The van der Waals surface area contributed by atoms with E-state index in [0.29, 0.717) is 95.1 Å². The monoisotopic (exact) mass is 1390 g/mol. The van der Waals surface area contributed by atoms with Crippen molar-refractivity contribution in [1.82, 2.24) is 68.5 Å². The molecule has 0 fully saturated rings. The number of hydrogen-bond donors (Lipinski definition) is 13. The number of alkyl carbamates (subject to hydrolysis) is 6. The normalized spacial score (nSPS) is 14.6. The van der Waals surface area contributed by atoms with Crippen LogP contribution in [-0.2, 0) is 33.2 Å². The Hall–Kier alpha value is -8.54. The third-order valence-corrected chi connectivity index (χ3v) is 15.8. The molecule has 1 aromatic heterocycles. The summed E-state index contributed by atoms with van der Waals surface area (Å²) in [6.07, 6.45) is 1.66. The van der Waals surface area contributed by atoms with Crippen molar-refractivity contribution in [2.45, 2.75) is 181 Å². The number of amides is 11. The predicted octanol–water partition coefficient (Wildman–Crippen LogP) is 8.53. The number of aromatic amines is 1. The van der Waals surface area contributed by atoms with Gasteiger partial charge in [-0.1, -0.05) is 89.7 Å². The number of aryl methyl sites for hydroxylation is 1. The summed E-state index contributed by atoms with van der Waals surface area (Å²) in [5.74, 6) is -0.269. The summed E-state index contributed by atoms with van der Waals surface area (Å²) in [6.45, 7) is 37.0. The van der Waals surface area contributed by atoms with Gasteiger partial charge in [-0.3, -0.25) is 25.2 Å². The van der Waals surface area contributed by atoms with E-state index in [4.69, 9.17) is 28.4 Å². The molecule has 31 nitrogen and oxygen atoms in total. The summed E-state index contributed by atoms with van der Waals surface area (Å²) < 4.78 is 32.3. The Bertz CT molecular complexity index is 2880. The van der Waals surface area contributed by atoms with Crippen LogP contribution >= 0.6 is 0 Å². The van der Waals surface area contributed by atoms with Crippen LogP contribution < -0.4 is 69.4 Å². The average Bonchev–Trinajstić information content (AvgIpc) is 0.921. The van der Waals surface area contributed by atoms with Gasteiger partial charge in [0.1, 0.15) is 25.4 Å². The van der Waals surface area contributed by atoms with E-state index in [9.17, 15) is 47.9 Å². The molecule has 1 aliphatic rings. The highest BCUT2D eigenvalue weighted by Gasteiger charge is 2.28. The van der Waals surface area contributed by atoms with Crippen molar-refractivity contribution < 1.29 is 71.6 Å². The number of aliphatic imine (C=N–C) groups is 1. The Balaban J connectivity index is 1.59. The molecule has 0 aliphatic carbocycles. The smallest absolute Gasteiger partial charge is 0.407 e. The van der Waals surface area contributed by atoms with Gasteiger partial charge in [-0.25, -0.2) is 48.3 Å². The minimum atomic E-state index is -0.721. The van der Waals surface area contributed by atoms with Crippen molar-refractivity contribution in [2.24, 2.45) is 56.2 Å². The lowest BCUT2D eigenvalue weighted by molar-refractivity contribution is -0.122. The number of anilines is 1. The van der Waals surface area contributed by atoms with Crippen molar-refractivity contribution in [3.05, 3.63) is 46.2 Å². The van der Waals surface area contributed by atoms with Crippen LogP contribution in [0.15, 0.2) is 39.9 Å². The number of allylic oxidation sites excluding steroid dienone is 2. The van der Waals surface area contributed by atoms with Gasteiger partial charge in [0.05, 0.1) is 13.2 Å². The van der Waals surface area contributed by atoms with Gasteiger partial charge in [0, 0.05) is 94.9 Å². The molecule has 0 radical (unpaired) electrons. The highest BCUT2D eigenvalue weighted by molar-refractivity contribution is 5.98. The third kappa shape index (κ3) is 41.5. The molecule has 98 heavy (non-hydrogen) atoms. The number of aromatic nitrogens is 2. The second-order valence-electron chi connectivity index (χ2n) is 29.2. The first-order valence-electron chi connectivity index (χ1n) is 33.8. The zero-order chi connectivity index (χ0) is 73.8. The maximum Gasteiger partial charge on any atom is 0.407 e. The van der Waals surface area contributed by atoms with Crippen molar-refractivity contribution >= 4 is 66.4 Å². The van der Waals surface area contributed by atoms with Crippen LogP contribution in [0.3, 0.4) is 0 Å². The standard InChI is InChI=1S/C67H117N15O16/c1-42(34-73-56(85)81-54-77-46(5)27-47(6)78-54)30-64(10,11)19-23-69-58(87)93-38-49(8)97-62(91)75-36-44(3)32-66(14,15)21-25-71-60(89)95-40-51(29-52(83)68-18)41-96-61(90)72-26-22-67(16,17)33-45(4)37-76-63(92)98-50(9)39-94-59(88)70-24-20-65(12,13)31-43(2)35-74-57(86)82-55-79-48(7)28-53(84)80-55/h27-28,42-45,49-51H,5,19-26,29-41H2,1-4,6-18H3,(H,68,83)(H,69,87)(H,70,88)(H,71,89)(H,72,90)(H,75,91)(H,76,92)(H3,73,77,78,81,85)(H3,74,79,80,82,84,86). The predicted molar refractivity (Wildman–Crippen MR) is 373 cm³/mol. The van der Waals surface area contributed by atoms with E-state index >= 15 is 0 Å². The summed E-state index contributed by atoms with van der Waals surface area (Å²) in [5.41, 5.74) is 0.627. The fraction of sp³-hybridized carbons (Fsp3) is 0.731. The van der Waals surface area contributed by atoms with Gasteiger partial charge in [-0.2, -0.15) is 0 Å². The van der Waals surface area contributed by atoms with E-state index in [2.05, 4.69) is 113 Å². The maximum absolute atomic E-state index is 12.8. The molecule has 13 N–H and O–H groups in total. The molecule has 0 saturated carbocycles. The topological polar surface area (TPSA) is 411 Å². The number of ether oxygens (including phenoxy) is 6. The second kappa shape index (κ2) is 43.0. The fourth-order valence-corrected chi connectivity index (χ4v) is 11.2. The van der Waals surface area contributed by atoms with Gasteiger partial charge >= 0.3 is 48.6 Å². The Labute approximate surface area is 578 Å². The van der Waals surface area contributed by atoms with Crippen molar-refractivity contribution in [2.75, 3.05) is 91.2 Å². The number of hydrogen-bond acceptors (Lipinski definition) is 19. The molecule has 31 heteroatoms. The van der Waals surface area contributed by atoms with Gasteiger partial charge in [-0.05, 0) is 130 Å². The van der Waals surface area contributed by atoms with Crippen LogP contribution in [0.4, 0.5) is 44.3 Å². The van der Waals surface area contributed by atoms with E-state index in [1.54, 1.807) is 26.8 Å². The first kappa shape index (κ1) is 85.5. The number of rotatable bonds is 41. The summed E-state index contributed by atoms with van der Waals surface area (Å²) >= 11 is 0. The number of nitrogens with zero attached hydrogens (tertiary/aromatic N) is 2. The first-order valence-corrected chi connectivity index (χ1v) is 33.8. The lowest BCUT2D eigenvalue weighted by Crippen LogP contribution is -2.47. The largest absolute Gasteiger partial charge is 0.449 e. The summed E-state index contributed by atoms with van der Waals surface area (Å²) in [5, 5.41) is 32.8. The molecule has 1 aromatic rings. The lowest BCUT2D eigenvalue weighted by atomic mass is 9.80. The van der Waals surface area contributed by atoms with Crippen molar-refractivity contribution in [1.29, 1.82) is 0 Å². The Kier molecular flexibility index (Phi) is 37.5. The van der Waals surface area contributed by atoms with E-state index < -0.39 is 60.7 Å². The van der Waals surface area contributed by atoms with Crippen LogP contribution in [0.1, 0.15) is 167 Å². The molecular weight excluding hydrogens is 1270 g/mol. The lowest BCUT2D eigenvalue weighted by Gasteiger charge is -2.28. The fourth-order valence-electron chi connectivity index (χ4n) is 11.2. The zero-order valence-electron chi connectivity index (χ0n) is 61.2. The van der Waals surface area contributed by atoms with Crippen LogP contribution in [0.5, 0.6) is 0 Å². The van der Waals surface area contributed by atoms with Gasteiger partial charge in [0.15, 0.2) is 0 Å². The molecule has 2 rings (SSSR count).